The first-order valence-corrected chi connectivity index (χ1v) is 32.1. The largest absolute Gasteiger partial charge is 0.508 e. The molecule has 9 rings (SSSR count). The maximum absolute atomic E-state index is 13.4. The van der Waals surface area contributed by atoms with Gasteiger partial charge in [-0.05, 0) is 142 Å². The van der Waals surface area contributed by atoms with Crippen molar-refractivity contribution in [1.82, 2.24) is 32.0 Å². The van der Waals surface area contributed by atoms with Crippen molar-refractivity contribution < 1.29 is 62.7 Å². The van der Waals surface area contributed by atoms with Gasteiger partial charge >= 0.3 is 0 Å². The van der Waals surface area contributed by atoms with Crippen LogP contribution >= 0.6 is 34.8 Å². The van der Waals surface area contributed by atoms with Gasteiger partial charge in [-0.2, -0.15) is 52.3 Å². The molecule has 30 heteroatoms. The number of benzene rings is 6. The number of phenolic OH excluding ortho intramolecular Hbond substituents is 1. The molecule has 0 aliphatic carbocycles. The smallest absolute Gasteiger partial charge is 0.280 e. The molecule has 0 spiro atoms. The van der Waals surface area contributed by atoms with Crippen LogP contribution in [0.1, 0.15) is 88.3 Å². The second-order valence-electron chi connectivity index (χ2n) is 20.8. The highest BCUT2D eigenvalue weighted by molar-refractivity contribution is 7.87. The van der Waals surface area contributed by atoms with E-state index < -0.39 is 102 Å². The van der Waals surface area contributed by atoms with Gasteiger partial charge < -0.3 is 30.7 Å². The zero-order valence-electron chi connectivity index (χ0n) is 47.6. The number of hydrogen-bond donors (Lipinski definition) is 7. The standard InChI is InChI=1S/C22H28ClFN4O4S.C18H19ClFN3O3S.C17H17ClFN3O4S.3CH4/c1-27(2)10-5-11-32-17-7-4-6-15(12-17)20-14-21(28(3)33(30,31)26-20)22(29)25-16-8-9-19(24)18(23)13-16;1-11-4-3-5-12(8-11)16-10-17(23(2)27(25,26)22-16)18(24)21-13-6-7-15(20)14(19)9-13;1-22-16(17(24)20-11-5-6-14(19)13(18)8-11)9-15(21-27(22,25)26)10-3-2-4-12(23)7-10;;;/h4,6-9,12-13,20-21,26H,5,10-11,14H2,1-3H3,(H,25,29);3-9,16-17,22H,10H2,1-2H3,(H,21,24);2-8,15-16,21,23H,9H2,1H3,(H,20,24);3*1H4. The molecular formula is C60H76Cl3F3N10O11S3. The lowest BCUT2D eigenvalue weighted by Crippen LogP contribution is -2.55. The Kier molecular flexibility index (Phi) is 27.6. The number of carbonyl (C=O) groups is 3. The zero-order valence-corrected chi connectivity index (χ0v) is 52.4. The predicted octanol–water partition coefficient (Wildman–Crippen LogP) is 10.3. The zero-order chi connectivity index (χ0) is 63.7. The van der Waals surface area contributed by atoms with Gasteiger partial charge in [0.2, 0.25) is 17.7 Å². The Bertz CT molecular complexity index is 3690. The number of likely N-dealkylation sites (N-methyl/N-ethyl adjacent to an activating group) is 3. The highest BCUT2D eigenvalue weighted by Gasteiger charge is 2.43. The molecule has 3 saturated heterocycles. The molecule has 3 aliphatic rings. The number of amides is 3. The lowest BCUT2D eigenvalue weighted by atomic mass is 9.98. The number of halogens is 6. The molecule has 21 nitrogen and oxygen atoms in total. The molecule has 6 aromatic rings. The minimum absolute atomic E-state index is 0. The quantitative estimate of drug-likeness (QED) is 0.0502. The molecule has 6 aromatic carbocycles. The number of nitrogens with zero attached hydrogens (tertiary/aromatic N) is 4. The Hall–Kier alpha value is -6.44. The normalized spacial score (nSPS) is 20.9. The van der Waals surface area contributed by atoms with Gasteiger partial charge in [-0.15, -0.1) is 0 Å². The topological polar surface area (TPSA) is 268 Å². The summed E-state index contributed by atoms with van der Waals surface area (Å²) in [5.74, 6) is -2.83. The lowest BCUT2D eigenvalue weighted by molar-refractivity contribution is -0.120. The first-order valence-electron chi connectivity index (χ1n) is 26.7. The molecule has 492 valence electrons. The van der Waals surface area contributed by atoms with E-state index in [0.717, 1.165) is 55.2 Å². The van der Waals surface area contributed by atoms with Crippen LogP contribution in [0.3, 0.4) is 0 Å². The van der Waals surface area contributed by atoms with Gasteiger partial charge in [-0.25, -0.2) is 13.2 Å². The minimum atomic E-state index is -3.92. The van der Waals surface area contributed by atoms with E-state index >= 15 is 0 Å². The number of aryl methyl sites for hydroxylation is 1. The molecule has 6 unspecified atom stereocenters. The van der Waals surface area contributed by atoms with Crippen LogP contribution in [0, 0.1) is 24.4 Å². The average Bonchev–Trinajstić information content (AvgIpc) is 0.817. The van der Waals surface area contributed by atoms with Gasteiger partial charge in [0.05, 0.1) is 33.8 Å². The van der Waals surface area contributed by atoms with Crippen LogP contribution in [0.2, 0.25) is 15.1 Å². The van der Waals surface area contributed by atoms with E-state index in [1.807, 2.05) is 51.4 Å². The van der Waals surface area contributed by atoms with Crippen LogP contribution in [0.15, 0.2) is 127 Å². The van der Waals surface area contributed by atoms with Gasteiger partial charge in [0.1, 0.15) is 47.1 Å². The summed E-state index contributed by atoms with van der Waals surface area (Å²) in [4.78, 5) is 40.4. The number of nitrogens with one attached hydrogen (secondary N) is 6. The molecule has 3 fully saturated rings. The molecule has 6 atom stereocenters. The molecule has 0 saturated carbocycles. The van der Waals surface area contributed by atoms with Crippen molar-refractivity contribution in [2.24, 2.45) is 0 Å². The Labute approximate surface area is 540 Å². The molecule has 7 N–H and O–H groups in total. The van der Waals surface area contributed by atoms with Crippen molar-refractivity contribution in [2.75, 3.05) is 64.3 Å². The number of aromatic hydroxyl groups is 1. The summed E-state index contributed by atoms with van der Waals surface area (Å²) in [6, 6.07) is 27.3. The van der Waals surface area contributed by atoms with Crippen LogP contribution in [0.4, 0.5) is 30.2 Å². The number of rotatable bonds is 14. The van der Waals surface area contributed by atoms with Crippen LogP contribution in [0.25, 0.3) is 0 Å². The van der Waals surface area contributed by atoms with Crippen molar-refractivity contribution in [3.63, 3.8) is 0 Å². The third-order valence-corrected chi connectivity index (χ3v) is 19.8. The van der Waals surface area contributed by atoms with Crippen LogP contribution in [0.5, 0.6) is 11.5 Å². The monoisotopic (exact) mass is 1370 g/mol. The summed E-state index contributed by atoms with van der Waals surface area (Å²) in [7, 11) is -3.71. The molecule has 3 aliphatic heterocycles. The first kappa shape index (κ1) is 76.0. The number of carbonyl (C=O) groups excluding carboxylic acids is 3. The second-order valence-corrected chi connectivity index (χ2v) is 27.3. The number of phenols is 1. The molecule has 90 heavy (non-hydrogen) atoms. The van der Waals surface area contributed by atoms with Crippen LogP contribution in [-0.4, -0.2) is 132 Å². The third kappa shape index (κ3) is 20.0. The van der Waals surface area contributed by atoms with Gasteiger partial charge in [-0.3, -0.25) is 14.4 Å². The van der Waals surface area contributed by atoms with Crippen molar-refractivity contribution >= 4 is 100 Å². The van der Waals surface area contributed by atoms with Crippen LogP contribution in [-0.2, 0) is 45.0 Å². The lowest BCUT2D eigenvalue weighted by Gasteiger charge is -2.36. The summed E-state index contributed by atoms with van der Waals surface area (Å²) < 4.78 is 132. The molecular weight excluding hydrogens is 1300 g/mol. The summed E-state index contributed by atoms with van der Waals surface area (Å²) >= 11 is 17.2. The third-order valence-electron chi connectivity index (χ3n) is 14.2. The van der Waals surface area contributed by atoms with Crippen molar-refractivity contribution in [2.45, 2.75) is 91.1 Å². The summed E-state index contributed by atoms with van der Waals surface area (Å²) in [6.45, 7) is 3.34. The van der Waals surface area contributed by atoms with Gasteiger partial charge in [0, 0.05) is 50.8 Å². The Morgan fingerprint density at radius 2 is 0.889 bits per heavy atom. The predicted molar refractivity (Wildman–Crippen MR) is 348 cm³/mol. The van der Waals surface area contributed by atoms with Gasteiger partial charge in [0.25, 0.3) is 30.6 Å². The Morgan fingerprint density at radius 3 is 1.23 bits per heavy atom. The van der Waals surface area contributed by atoms with E-state index in [1.54, 1.807) is 30.3 Å². The number of anilines is 3. The summed E-state index contributed by atoms with van der Waals surface area (Å²) in [5.41, 5.74) is 3.84. The maximum atomic E-state index is 13.4. The molecule has 3 heterocycles. The van der Waals surface area contributed by atoms with E-state index in [-0.39, 0.29) is 73.7 Å². The fraction of sp³-hybridized carbons (Fsp3) is 0.350. The van der Waals surface area contributed by atoms with E-state index in [2.05, 4.69) is 35.0 Å². The molecule has 0 aromatic heterocycles. The first-order chi connectivity index (χ1) is 40.9. The van der Waals surface area contributed by atoms with Gasteiger partial charge in [-0.1, -0.05) is 111 Å². The SMILES string of the molecule is C.C.C.CN(C)CCCOc1cccc(C2CC(C(=O)Nc3ccc(F)c(Cl)c3)N(C)S(=O)(=O)N2)c1.CN1C(C(=O)Nc2ccc(F)c(Cl)c2)CC(c2cccc(O)c2)NS1(=O)=O.Cc1cccc(C2CC(C(=O)Nc3ccc(F)c(Cl)c3)N(C)S(=O)(=O)N2)c1. The Morgan fingerprint density at radius 1 is 0.544 bits per heavy atom. The fourth-order valence-corrected chi connectivity index (χ4v) is 13.8. The fourth-order valence-electron chi connectivity index (χ4n) is 9.40. The average molecular weight is 1370 g/mol. The minimum Gasteiger partial charge on any atom is -0.508 e. The van der Waals surface area contributed by atoms with E-state index in [9.17, 15) is 57.9 Å². The van der Waals surface area contributed by atoms with E-state index in [4.69, 9.17) is 39.5 Å². The second kappa shape index (κ2) is 32.7. The molecule has 0 bridgehead atoms. The number of hydrogen-bond acceptors (Lipinski definition) is 12. The molecule has 3 amide bonds. The van der Waals surface area contributed by atoms with E-state index in [0.29, 0.717) is 29.2 Å². The van der Waals surface area contributed by atoms with Crippen molar-refractivity contribution in [3.8, 4) is 11.5 Å². The van der Waals surface area contributed by atoms with Crippen LogP contribution < -0.4 is 34.9 Å². The van der Waals surface area contributed by atoms with Crippen molar-refractivity contribution in [1.29, 1.82) is 0 Å². The highest BCUT2D eigenvalue weighted by Crippen LogP contribution is 2.34. The maximum Gasteiger partial charge on any atom is 0.280 e. The van der Waals surface area contributed by atoms with Gasteiger partial charge in [0.15, 0.2) is 0 Å². The van der Waals surface area contributed by atoms with Crippen molar-refractivity contribution in [3.05, 3.63) is 182 Å². The summed E-state index contributed by atoms with van der Waals surface area (Å²) in [6.07, 6.45) is 1.44. The van der Waals surface area contributed by atoms with E-state index in [1.165, 1.54) is 69.7 Å². The Balaban J connectivity index is 0.000000285. The molecule has 0 radical (unpaired) electrons. The number of ether oxygens (including phenoxy) is 1. The highest BCUT2D eigenvalue weighted by atomic mass is 35.5. The summed E-state index contributed by atoms with van der Waals surface area (Å²) in [5, 5.41) is 17.0.